The van der Waals surface area contributed by atoms with Crippen LogP contribution in [0.25, 0.3) is 0 Å². The molecular formula is C20H27N5O3. The lowest BCUT2D eigenvalue weighted by Gasteiger charge is -2.35. The normalized spacial score (nSPS) is 24.3. The number of nitrogens with zero attached hydrogens (tertiary/aromatic N) is 2. The molecule has 1 saturated carbocycles. The lowest BCUT2D eigenvalue weighted by molar-refractivity contribution is -0.139. The molecule has 8 heteroatoms. The summed E-state index contributed by atoms with van der Waals surface area (Å²) in [7, 11) is 3.02. The number of benzene rings is 1. The first kappa shape index (κ1) is 19.9. The number of nitrogens with one attached hydrogen (secondary N) is 3. The van der Waals surface area contributed by atoms with Gasteiger partial charge in [0.2, 0.25) is 11.8 Å². The smallest absolute Gasteiger partial charge is 0.271 e. The van der Waals surface area contributed by atoms with E-state index in [9.17, 15) is 14.4 Å². The van der Waals surface area contributed by atoms with E-state index in [0.717, 1.165) is 32.1 Å². The first-order valence-corrected chi connectivity index (χ1v) is 9.73. The fraction of sp³-hybridized carbons (Fsp3) is 0.500. The van der Waals surface area contributed by atoms with Crippen LogP contribution >= 0.6 is 0 Å². The fourth-order valence-electron chi connectivity index (χ4n) is 4.06. The van der Waals surface area contributed by atoms with Crippen LogP contribution in [0, 0.1) is 5.92 Å². The second-order valence-electron chi connectivity index (χ2n) is 7.13. The summed E-state index contributed by atoms with van der Waals surface area (Å²) in [4.78, 5) is 40.2. The van der Waals surface area contributed by atoms with Gasteiger partial charge in [-0.2, -0.15) is 5.10 Å². The summed E-state index contributed by atoms with van der Waals surface area (Å²) in [6.45, 7) is 0. The average molecular weight is 385 g/mol. The highest BCUT2D eigenvalue weighted by molar-refractivity contribution is 6.46. The molecular weight excluding hydrogens is 358 g/mol. The molecule has 1 aliphatic heterocycles. The molecule has 0 radical (unpaired) electrons. The maximum Gasteiger partial charge on any atom is 0.271 e. The monoisotopic (exact) mass is 385 g/mol. The summed E-state index contributed by atoms with van der Waals surface area (Å²) >= 11 is 0. The van der Waals surface area contributed by atoms with Crippen molar-refractivity contribution in [1.82, 2.24) is 15.5 Å². The highest BCUT2D eigenvalue weighted by atomic mass is 16.2. The van der Waals surface area contributed by atoms with Crippen LogP contribution in [0.2, 0.25) is 0 Å². The number of amides is 3. The Labute approximate surface area is 164 Å². The predicted octanol–water partition coefficient (Wildman–Crippen LogP) is 1.11. The Morgan fingerprint density at radius 3 is 2.25 bits per heavy atom. The molecule has 150 valence electrons. The number of carbonyl (C=O) groups is 3. The average Bonchev–Trinajstić information content (AvgIpc) is 3.04. The van der Waals surface area contributed by atoms with Crippen molar-refractivity contribution in [1.29, 1.82) is 0 Å². The summed E-state index contributed by atoms with van der Waals surface area (Å²) in [6.07, 6.45) is 4.80. The zero-order chi connectivity index (χ0) is 20.1. The number of likely N-dealkylation sites (tertiary alicyclic amines) is 1. The van der Waals surface area contributed by atoms with E-state index in [1.165, 1.54) is 14.1 Å². The van der Waals surface area contributed by atoms with Crippen molar-refractivity contribution < 1.29 is 14.4 Å². The van der Waals surface area contributed by atoms with Crippen molar-refractivity contribution in [2.75, 3.05) is 19.5 Å². The summed E-state index contributed by atoms with van der Waals surface area (Å²) in [5.41, 5.74) is 3.63. The second-order valence-corrected chi connectivity index (χ2v) is 7.13. The third-order valence-corrected chi connectivity index (χ3v) is 5.45. The minimum Gasteiger partial charge on any atom is -0.359 e. The van der Waals surface area contributed by atoms with Crippen molar-refractivity contribution in [3.05, 3.63) is 30.3 Å². The second kappa shape index (κ2) is 8.86. The van der Waals surface area contributed by atoms with Gasteiger partial charge in [0.15, 0.2) is 0 Å². The Balaban J connectivity index is 1.99. The minimum absolute atomic E-state index is 0.0554. The van der Waals surface area contributed by atoms with Crippen LogP contribution in [0.1, 0.15) is 32.1 Å². The Kier molecular flexibility index (Phi) is 6.28. The number of anilines is 1. The molecule has 0 bridgehead atoms. The number of likely N-dealkylation sites (N-methyl/N-ethyl adjacent to an activating group) is 1. The molecule has 1 saturated heterocycles. The maximum absolute atomic E-state index is 13.3. The van der Waals surface area contributed by atoms with Crippen molar-refractivity contribution in [3.8, 4) is 0 Å². The van der Waals surface area contributed by atoms with Gasteiger partial charge >= 0.3 is 0 Å². The predicted molar refractivity (Wildman–Crippen MR) is 107 cm³/mol. The van der Waals surface area contributed by atoms with Crippen molar-refractivity contribution in [3.63, 3.8) is 0 Å². The van der Waals surface area contributed by atoms with Gasteiger partial charge in [-0.15, -0.1) is 0 Å². The molecule has 0 aromatic heterocycles. The summed E-state index contributed by atoms with van der Waals surface area (Å²) < 4.78 is 0. The Hall–Kier alpha value is -2.90. The third kappa shape index (κ3) is 3.85. The van der Waals surface area contributed by atoms with Crippen LogP contribution in [-0.4, -0.2) is 54.5 Å². The molecule has 2 aliphatic rings. The molecule has 0 spiro atoms. The third-order valence-electron chi connectivity index (χ3n) is 5.45. The lowest BCUT2D eigenvalue weighted by Crippen LogP contribution is -2.53. The van der Waals surface area contributed by atoms with E-state index >= 15 is 0 Å². The highest BCUT2D eigenvalue weighted by Crippen LogP contribution is 2.32. The van der Waals surface area contributed by atoms with Crippen LogP contribution in [0.5, 0.6) is 0 Å². The zero-order valence-electron chi connectivity index (χ0n) is 16.3. The van der Waals surface area contributed by atoms with Gasteiger partial charge in [-0.1, -0.05) is 37.5 Å². The number of carbonyl (C=O) groups excluding carboxylic acids is 3. The van der Waals surface area contributed by atoms with E-state index in [0.29, 0.717) is 5.69 Å². The minimum atomic E-state index is -0.962. The summed E-state index contributed by atoms with van der Waals surface area (Å²) in [5.74, 6) is -2.06. The van der Waals surface area contributed by atoms with Crippen LogP contribution in [0.4, 0.5) is 5.69 Å². The van der Waals surface area contributed by atoms with Gasteiger partial charge in [-0.05, 0) is 25.0 Å². The van der Waals surface area contributed by atoms with E-state index in [2.05, 4.69) is 21.2 Å². The molecule has 1 aromatic rings. The number of hydrogen-bond acceptors (Lipinski definition) is 5. The molecule has 28 heavy (non-hydrogen) atoms. The first-order valence-electron chi connectivity index (χ1n) is 9.73. The molecule has 2 unspecified atom stereocenters. The summed E-state index contributed by atoms with van der Waals surface area (Å²) in [6, 6.07) is 8.24. The van der Waals surface area contributed by atoms with E-state index in [-0.39, 0.29) is 23.6 Å². The first-order chi connectivity index (χ1) is 13.6. The van der Waals surface area contributed by atoms with Gasteiger partial charge in [-0.3, -0.25) is 19.8 Å². The number of hydrazone groups is 1. The Bertz CT molecular complexity index is 758. The van der Waals surface area contributed by atoms with Crippen LogP contribution in [-0.2, 0) is 14.4 Å². The molecule has 2 fully saturated rings. The van der Waals surface area contributed by atoms with Crippen LogP contribution in [0.15, 0.2) is 35.4 Å². The van der Waals surface area contributed by atoms with Crippen LogP contribution < -0.4 is 16.1 Å². The van der Waals surface area contributed by atoms with Crippen molar-refractivity contribution >= 4 is 29.1 Å². The molecule has 3 amide bonds. The molecule has 3 rings (SSSR count). The SMILES string of the molecule is CNC(=O)C1/C(=N/Nc2ccccc2)C(=O)N(C2CCCCC2)C1C(=O)NC. The quantitative estimate of drug-likeness (QED) is 0.661. The highest BCUT2D eigenvalue weighted by Gasteiger charge is 2.54. The molecule has 1 aromatic carbocycles. The zero-order valence-corrected chi connectivity index (χ0v) is 16.3. The Morgan fingerprint density at radius 2 is 1.64 bits per heavy atom. The molecule has 2 atom stereocenters. The molecule has 3 N–H and O–H groups in total. The molecule has 1 aliphatic carbocycles. The van der Waals surface area contributed by atoms with Crippen molar-refractivity contribution in [2.45, 2.75) is 44.2 Å². The standard InChI is InChI=1S/C20H27N5O3/c1-21-18(26)15-16(24-23-13-9-5-3-6-10-13)20(28)25(17(15)19(27)22-2)14-11-7-4-8-12-14/h3,5-6,9-10,14-15,17,23H,4,7-8,11-12H2,1-2H3,(H,21,26)(H,22,27)/b24-16-. The number of rotatable bonds is 5. The topological polar surface area (TPSA) is 103 Å². The lowest BCUT2D eigenvalue weighted by atomic mass is 9.92. The molecule has 8 nitrogen and oxygen atoms in total. The van der Waals surface area contributed by atoms with Crippen molar-refractivity contribution in [2.24, 2.45) is 11.0 Å². The van der Waals surface area contributed by atoms with Gasteiger partial charge in [0.25, 0.3) is 5.91 Å². The van der Waals surface area contributed by atoms with E-state index in [4.69, 9.17) is 0 Å². The van der Waals surface area contributed by atoms with E-state index in [1.54, 1.807) is 4.90 Å². The largest absolute Gasteiger partial charge is 0.359 e. The van der Waals surface area contributed by atoms with E-state index in [1.807, 2.05) is 30.3 Å². The number of hydrogen-bond donors (Lipinski definition) is 3. The van der Waals surface area contributed by atoms with Crippen LogP contribution in [0.3, 0.4) is 0 Å². The van der Waals surface area contributed by atoms with Gasteiger partial charge in [-0.25, -0.2) is 0 Å². The maximum atomic E-state index is 13.3. The number of para-hydroxylation sites is 1. The van der Waals surface area contributed by atoms with Gasteiger partial charge in [0, 0.05) is 20.1 Å². The summed E-state index contributed by atoms with van der Waals surface area (Å²) in [5, 5.41) is 9.46. The van der Waals surface area contributed by atoms with Gasteiger partial charge < -0.3 is 15.5 Å². The Morgan fingerprint density at radius 1 is 1.00 bits per heavy atom. The fourth-order valence-corrected chi connectivity index (χ4v) is 4.06. The van der Waals surface area contributed by atoms with Gasteiger partial charge in [0.05, 0.1) is 5.69 Å². The van der Waals surface area contributed by atoms with Gasteiger partial charge in [0.1, 0.15) is 17.7 Å². The van der Waals surface area contributed by atoms with E-state index < -0.39 is 17.9 Å². The molecule has 1 heterocycles.